The Kier molecular flexibility index (Phi) is 7.18. The zero-order valence-electron chi connectivity index (χ0n) is 10.9. The summed E-state index contributed by atoms with van der Waals surface area (Å²) in [4.78, 5) is 0. The normalized spacial score (nSPS) is 10.1. The lowest BCUT2D eigenvalue weighted by Gasteiger charge is -2.13. The van der Waals surface area contributed by atoms with E-state index in [0.717, 1.165) is 35.9 Å². The topological polar surface area (TPSA) is 47.3 Å². The Hall–Kier alpha value is -1.29. The number of benzene rings is 1. The summed E-state index contributed by atoms with van der Waals surface area (Å²) in [6, 6.07) is 5.84. The second-order valence-corrected chi connectivity index (χ2v) is 5.01. The van der Waals surface area contributed by atoms with Crippen molar-refractivity contribution in [1.82, 2.24) is 0 Å². The summed E-state index contributed by atoms with van der Waals surface area (Å²) in [5.74, 6) is 2.78. The number of para-hydroxylation sites is 1. The summed E-state index contributed by atoms with van der Waals surface area (Å²) in [6.07, 6.45) is 2.90. The highest BCUT2D eigenvalue weighted by molar-refractivity contribution is 7.99. The molecular weight excluding hydrogens is 244 g/mol. The number of nitrogen functional groups attached to an aromatic ring is 1. The molecule has 0 aliphatic carbocycles. The van der Waals surface area contributed by atoms with Gasteiger partial charge in [0.25, 0.3) is 0 Å². The van der Waals surface area contributed by atoms with Gasteiger partial charge in [-0.3, -0.25) is 0 Å². The highest BCUT2D eigenvalue weighted by Crippen LogP contribution is 2.29. The Balaban J connectivity index is 2.47. The number of rotatable bonds is 9. The third-order valence-corrected chi connectivity index (χ3v) is 3.29. The highest BCUT2D eigenvalue weighted by Gasteiger charge is 2.04. The molecule has 1 aromatic carbocycles. The zero-order valence-corrected chi connectivity index (χ0v) is 11.8. The van der Waals surface area contributed by atoms with E-state index in [1.807, 2.05) is 36.0 Å². The van der Waals surface area contributed by atoms with Crippen molar-refractivity contribution in [2.24, 2.45) is 0 Å². The molecule has 0 aromatic heterocycles. The van der Waals surface area contributed by atoms with E-state index >= 15 is 0 Å². The summed E-state index contributed by atoms with van der Waals surface area (Å²) in [5, 5.41) is 3.33. The first-order chi connectivity index (χ1) is 8.79. The number of anilines is 2. The summed E-state index contributed by atoms with van der Waals surface area (Å²) >= 11 is 1.84. The molecule has 0 heterocycles. The lowest BCUT2D eigenvalue weighted by Crippen LogP contribution is -2.08. The summed E-state index contributed by atoms with van der Waals surface area (Å²) in [7, 11) is 0. The van der Waals surface area contributed by atoms with Gasteiger partial charge in [-0.2, -0.15) is 11.8 Å². The van der Waals surface area contributed by atoms with E-state index in [1.54, 1.807) is 0 Å². The number of ether oxygens (including phenoxy) is 1. The van der Waals surface area contributed by atoms with E-state index in [9.17, 15) is 0 Å². The van der Waals surface area contributed by atoms with E-state index in [0.29, 0.717) is 12.3 Å². The molecule has 18 heavy (non-hydrogen) atoms. The lowest BCUT2D eigenvalue weighted by molar-refractivity contribution is 0.319. The quantitative estimate of drug-likeness (QED) is 0.408. The smallest absolute Gasteiger partial charge is 0.144 e. The van der Waals surface area contributed by atoms with Gasteiger partial charge in [-0.05, 0) is 18.6 Å². The predicted molar refractivity (Wildman–Crippen MR) is 82.7 cm³/mol. The van der Waals surface area contributed by atoms with Crippen LogP contribution in [0, 0.1) is 0 Å². The Labute approximate surface area is 114 Å². The van der Waals surface area contributed by atoms with Gasteiger partial charge in [-0.1, -0.05) is 19.1 Å². The maximum Gasteiger partial charge on any atom is 0.144 e. The molecule has 0 aliphatic rings. The Morgan fingerprint density at radius 2 is 2.33 bits per heavy atom. The van der Waals surface area contributed by atoms with Gasteiger partial charge < -0.3 is 15.8 Å². The molecule has 0 saturated heterocycles. The standard InChI is InChI=1S/C14H22N2OS/c1-3-9-17-13-7-5-6-12(14(13)15)16-8-11-18-10-4-2/h4-7,16H,2-3,8-11,15H2,1H3. The van der Waals surface area contributed by atoms with Crippen molar-refractivity contribution in [3.05, 3.63) is 30.9 Å². The first kappa shape index (κ1) is 14.8. The van der Waals surface area contributed by atoms with Crippen LogP contribution in [-0.2, 0) is 0 Å². The van der Waals surface area contributed by atoms with Crippen molar-refractivity contribution in [2.45, 2.75) is 13.3 Å². The van der Waals surface area contributed by atoms with Gasteiger partial charge in [0, 0.05) is 18.1 Å². The maximum atomic E-state index is 6.05. The Bertz CT molecular complexity index is 369. The SMILES string of the molecule is C=CCSCCNc1cccc(OCCC)c1N. The van der Waals surface area contributed by atoms with Gasteiger partial charge in [-0.25, -0.2) is 0 Å². The fourth-order valence-electron chi connectivity index (χ4n) is 1.46. The van der Waals surface area contributed by atoms with Crippen molar-refractivity contribution in [2.75, 3.05) is 35.7 Å². The third kappa shape index (κ3) is 4.92. The van der Waals surface area contributed by atoms with Gasteiger partial charge in [0.2, 0.25) is 0 Å². The second kappa shape index (κ2) is 8.75. The molecule has 0 aliphatic heterocycles. The van der Waals surface area contributed by atoms with Gasteiger partial charge in [0.05, 0.1) is 18.0 Å². The van der Waals surface area contributed by atoms with E-state index in [1.165, 1.54) is 0 Å². The van der Waals surface area contributed by atoms with Crippen LogP contribution in [0.15, 0.2) is 30.9 Å². The molecule has 4 heteroatoms. The molecule has 0 amide bonds. The number of thioether (sulfide) groups is 1. The fourth-order valence-corrected chi connectivity index (χ4v) is 2.04. The van der Waals surface area contributed by atoms with Crippen molar-refractivity contribution >= 4 is 23.1 Å². The number of hydrogen-bond acceptors (Lipinski definition) is 4. The minimum Gasteiger partial charge on any atom is -0.491 e. The van der Waals surface area contributed by atoms with E-state index < -0.39 is 0 Å². The van der Waals surface area contributed by atoms with Crippen LogP contribution >= 0.6 is 11.8 Å². The van der Waals surface area contributed by atoms with Crippen LogP contribution in [0.2, 0.25) is 0 Å². The van der Waals surface area contributed by atoms with Crippen molar-refractivity contribution < 1.29 is 4.74 Å². The number of nitrogens with one attached hydrogen (secondary N) is 1. The van der Waals surface area contributed by atoms with Crippen LogP contribution in [0.4, 0.5) is 11.4 Å². The van der Waals surface area contributed by atoms with Crippen LogP contribution in [0.25, 0.3) is 0 Å². The van der Waals surface area contributed by atoms with Crippen LogP contribution < -0.4 is 15.8 Å². The van der Waals surface area contributed by atoms with E-state index in [-0.39, 0.29) is 0 Å². The Morgan fingerprint density at radius 3 is 3.06 bits per heavy atom. The Morgan fingerprint density at radius 1 is 1.50 bits per heavy atom. The summed E-state index contributed by atoms with van der Waals surface area (Å²) < 4.78 is 5.59. The predicted octanol–water partition coefficient (Wildman–Crippen LogP) is 3.39. The fraction of sp³-hybridized carbons (Fsp3) is 0.429. The van der Waals surface area contributed by atoms with Crippen molar-refractivity contribution in [3.63, 3.8) is 0 Å². The molecule has 3 nitrogen and oxygen atoms in total. The molecule has 0 radical (unpaired) electrons. The van der Waals surface area contributed by atoms with E-state index in [4.69, 9.17) is 10.5 Å². The second-order valence-electron chi connectivity index (χ2n) is 3.86. The van der Waals surface area contributed by atoms with Gasteiger partial charge in [-0.15, -0.1) is 6.58 Å². The molecule has 0 atom stereocenters. The molecule has 0 bridgehead atoms. The average molecular weight is 266 g/mol. The molecule has 0 spiro atoms. The molecular formula is C14H22N2OS. The number of hydrogen-bond donors (Lipinski definition) is 2. The summed E-state index contributed by atoms with van der Waals surface area (Å²) in [6.45, 7) is 7.36. The van der Waals surface area contributed by atoms with Crippen LogP contribution in [0.5, 0.6) is 5.75 Å². The molecule has 100 valence electrons. The zero-order chi connectivity index (χ0) is 13.2. The van der Waals surface area contributed by atoms with Crippen LogP contribution in [0.1, 0.15) is 13.3 Å². The minimum atomic E-state index is 0.694. The molecule has 0 saturated carbocycles. The number of nitrogens with two attached hydrogens (primary N) is 1. The van der Waals surface area contributed by atoms with Gasteiger partial charge >= 0.3 is 0 Å². The first-order valence-corrected chi connectivity index (χ1v) is 7.38. The molecule has 3 N–H and O–H groups in total. The van der Waals surface area contributed by atoms with Crippen LogP contribution in [-0.4, -0.2) is 24.7 Å². The molecule has 0 unspecified atom stereocenters. The van der Waals surface area contributed by atoms with Gasteiger partial charge in [0.1, 0.15) is 5.75 Å². The molecule has 0 fully saturated rings. The van der Waals surface area contributed by atoms with E-state index in [2.05, 4.69) is 18.8 Å². The minimum absolute atomic E-state index is 0.694. The lowest BCUT2D eigenvalue weighted by atomic mass is 10.2. The first-order valence-electron chi connectivity index (χ1n) is 6.23. The highest BCUT2D eigenvalue weighted by atomic mass is 32.2. The van der Waals surface area contributed by atoms with Crippen LogP contribution in [0.3, 0.4) is 0 Å². The molecule has 1 rings (SSSR count). The average Bonchev–Trinajstić information content (AvgIpc) is 2.39. The van der Waals surface area contributed by atoms with Crippen molar-refractivity contribution in [1.29, 1.82) is 0 Å². The monoisotopic (exact) mass is 266 g/mol. The van der Waals surface area contributed by atoms with Gasteiger partial charge in [0.15, 0.2) is 0 Å². The molecule has 1 aromatic rings. The largest absolute Gasteiger partial charge is 0.491 e. The van der Waals surface area contributed by atoms with Crippen molar-refractivity contribution in [3.8, 4) is 5.75 Å². The maximum absolute atomic E-state index is 6.05. The summed E-state index contributed by atoms with van der Waals surface area (Å²) in [5.41, 5.74) is 7.70. The third-order valence-electron chi connectivity index (χ3n) is 2.33.